The highest BCUT2D eigenvalue weighted by Gasteiger charge is 2.26. The van der Waals surface area contributed by atoms with Gasteiger partial charge in [-0.3, -0.25) is 4.99 Å². The third kappa shape index (κ3) is 4.07. The Morgan fingerprint density at radius 1 is 1.04 bits per heavy atom. The Balaban J connectivity index is 1.24. The number of nitrogens with two attached hydrogens (primary N) is 1. The highest BCUT2D eigenvalue weighted by molar-refractivity contribution is 5.78. The fourth-order valence-corrected chi connectivity index (χ4v) is 3.04. The molecule has 1 saturated heterocycles. The van der Waals surface area contributed by atoms with E-state index in [1.54, 1.807) is 12.4 Å². The number of rotatable bonds is 5. The second kappa shape index (κ2) is 7.63. The number of anilines is 1. The molecule has 0 atom stereocenters. The average molecular weight is 352 g/mol. The minimum atomic E-state index is 0.595. The molecule has 1 saturated carbocycles. The Labute approximate surface area is 153 Å². The van der Waals surface area contributed by atoms with Crippen LogP contribution in [0.4, 0.5) is 5.95 Å². The van der Waals surface area contributed by atoms with E-state index in [1.165, 1.54) is 12.8 Å². The lowest BCUT2D eigenvalue weighted by molar-refractivity contribution is 0.378. The molecule has 2 aliphatic rings. The molecule has 0 spiro atoms. The third-order valence-corrected chi connectivity index (χ3v) is 4.78. The minimum absolute atomic E-state index is 0.595. The van der Waals surface area contributed by atoms with Gasteiger partial charge in [-0.15, -0.1) is 0 Å². The fraction of sp³-hybridized carbons (Fsp3) is 0.500. The van der Waals surface area contributed by atoms with Crippen LogP contribution in [-0.4, -0.2) is 63.5 Å². The van der Waals surface area contributed by atoms with E-state index in [-0.39, 0.29) is 0 Å². The minimum Gasteiger partial charge on any atom is -0.370 e. The molecule has 26 heavy (non-hydrogen) atoms. The molecular weight excluding hydrogens is 328 g/mol. The first-order chi connectivity index (χ1) is 12.8. The van der Waals surface area contributed by atoms with Crippen LogP contribution >= 0.6 is 0 Å². The molecule has 0 amide bonds. The van der Waals surface area contributed by atoms with Crippen molar-refractivity contribution < 1.29 is 0 Å². The summed E-state index contributed by atoms with van der Waals surface area (Å²) in [7, 11) is 0. The summed E-state index contributed by atoms with van der Waals surface area (Å²) in [6.07, 6.45) is 10.6. The highest BCUT2D eigenvalue weighted by atomic mass is 15.3. The molecule has 1 aliphatic heterocycles. The van der Waals surface area contributed by atoms with E-state index in [4.69, 9.17) is 5.73 Å². The topological polar surface area (TPSA) is 96.4 Å². The second-order valence-electron chi connectivity index (χ2n) is 6.74. The maximum Gasteiger partial charge on any atom is 0.225 e. The van der Waals surface area contributed by atoms with Gasteiger partial charge in [-0.2, -0.15) is 0 Å². The molecule has 8 heteroatoms. The Morgan fingerprint density at radius 3 is 2.38 bits per heavy atom. The van der Waals surface area contributed by atoms with Crippen molar-refractivity contribution >= 4 is 11.9 Å². The number of hydrogen-bond donors (Lipinski definition) is 1. The zero-order valence-electron chi connectivity index (χ0n) is 14.8. The zero-order valence-corrected chi connectivity index (χ0v) is 14.8. The smallest absolute Gasteiger partial charge is 0.225 e. The lowest BCUT2D eigenvalue weighted by atomic mass is 10.2. The van der Waals surface area contributed by atoms with Gasteiger partial charge in [0.25, 0.3) is 0 Å². The second-order valence-corrected chi connectivity index (χ2v) is 6.74. The summed E-state index contributed by atoms with van der Waals surface area (Å²) in [4.78, 5) is 26.3. The Morgan fingerprint density at radius 2 is 1.73 bits per heavy atom. The third-order valence-electron chi connectivity index (χ3n) is 4.78. The molecule has 136 valence electrons. The van der Waals surface area contributed by atoms with Crippen molar-refractivity contribution in [3.05, 3.63) is 42.2 Å². The van der Waals surface area contributed by atoms with Gasteiger partial charge < -0.3 is 15.5 Å². The highest BCUT2D eigenvalue weighted by Crippen LogP contribution is 2.37. The molecule has 0 bridgehead atoms. The van der Waals surface area contributed by atoms with Crippen LogP contribution in [0.1, 0.15) is 30.1 Å². The lowest BCUT2D eigenvalue weighted by Gasteiger charge is -2.35. The van der Waals surface area contributed by atoms with E-state index < -0.39 is 0 Å². The fourth-order valence-electron chi connectivity index (χ4n) is 3.04. The van der Waals surface area contributed by atoms with E-state index in [0.717, 1.165) is 49.9 Å². The monoisotopic (exact) mass is 352 g/mol. The van der Waals surface area contributed by atoms with E-state index in [1.807, 2.05) is 18.5 Å². The number of nitrogens with zero attached hydrogens (tertiary/aromatic N) is 7. The number of piperazine rings is 1. The molecule has 2 N–H and O–H groups in total. The molecule has 2 fully saturated rings. The van der Waals surface area contributed by atoms with Crippen LogP contribution in [0.25, 0.3) is 0 Å². The van der Waals surface area contributed by atoms with Gasteiger partial charge >= 0.3 is 0 Å². The standard InChI is InChI=1S/C18H24N8/c19-17(20-7-4-14-12-23-16(24-13-14)15-2-3-15)25-8-10-26(11-9-25)18-21-5-1-6-22-18/h1,5-6,12-13,15H,2-4,7-11H2,(H2,19,20). The number of aliphatic imine (C=N–C) groups is 1. The van der Waals surface area contributed by atoms with Crippen molar-refractivity contribution in [1.82, 2.24) is 24.8 Å². The van der Waals surface area contributed by atoms with Gasteiger partial charge in [-0.05, 0) is 30.9 Å². The van der Waals surface area contributed by atoms with Crippen LogP contribution in [0, 0.1) is 0 Å². The lowest BCUT2D eigenvalue weighted by Crippen LogP contribution is -2.51. The first-order valence-corrected chi connectivity index (χ1v) is 9.17. The van der Waals surface area contributed by atoms with Crippen molar-refractivity contribution in [3.63, 3.8) is 0 Å². The van der Waals surface area contributed by atoms with Gasteiger partial charge in [0.1, 0.15) is 5.82 Å². The van der Waals surface area contributed by atoms with Crippen molar-refractivity contribution in [2.24, 2.45) is 10.7 Å². The molecular formula is C18H24N8. The molecule has 2 aromatic heterocycles. The zero-order chi connectivity index (χ0) is 17.8. The van der Waals surface area contributed by atoms with Gasteiger partial charge in [0.15, 0.2) is 5.96 Å². The number of guanidine groups is 1. The number of aromatic nitrogens is 4. The summed E-state index contributed by atoms with van der Waals surface area (Å²) >= 11 is 0. The SMILES string of the molecule is NC(=NCCc1cnc(C2CC2)nc1)N1CCN(c2ncccn2)CC1. The molecule has 0 radical (unpaired) electrons. The quantitative estimate of drug-likeness (QED) is 0.629. The summed E-state index contributed by atoms with van der Waals surface area (Å²) < 4.78 is 0. The van der Waals surface area contributed by atoms with E-state index >= 15 is 0 Å². The van der Waals surface area contributed by atoms with Crippen molar-refractivity contribution in [2.75, 3.05) is 37.6 Å². The van der Waals surface area contributed by atoms with E-state index in [2.05, 4.69) is 34.7 Å². The first-order valence-electron chi connectivity index (χ1n) is 9.17. The van der Waals surface area contributed by atoms with Crippen molar-refractivity contribution in [1.29, 1.82) is 0 Å². The molecule has 2 aromatic rings. The number of hydrogen-bond acceptors (Lipinski definition) is 6. The molecule has 0 unspecified atom stereocenters. The van der Waals surface area contributed by atoms with Crippen LogP contribution in [0.2, 0.25) is 0 Å². The van der Waals surface area contributed by atoms with Crippen LogP contribution in [0.3, 0.4) is 0 Å². The summed E-state index contributed by atoms with van der Waals surface area (Å²) in [5.41, 5.74) is 7.27. The summed E-state index contributed by atoms with van der Waals surface area (Å²) in [5, 5.41) is 0. The molecule has 8 nitrogen and oxygen atoms in total. The first kappa shape index (κ1) is 16.7. The predicted molar refractivity (Wildman–Crippen MR) is 100 cm³/mol. The molecule has 1 aliphatic carbocycles. The largest absolute Gasteiger partial charge is 0.370 e. The molecule has 4 rings (SSSR count). The van der Waals surface area contributed by atoms with Crippen molar-refractivity contribution in [3.8, 4) is 0 Å². The summed E-state index contributed by atoms with van der Waals surface area (Å²) in [5.74, 6) is 2.96. The van der Waals surface area contributed by atoms with Crippen LogP contribution in [0.15, 0.2) is 35.8 Å². The van der Waals surface area contributed by atoms with Gasteiger partial charge in [0.2, 0.25) is 5.95 Å². The average Bonchev–Trinajstić information content (AvgIpc) is 3.55. The maximum atomic E-state index is 6.16. The molecule has 3 heterocycles. The predicted octanol–water partition coefficient (Wildman–Crippen LogP) is 0.823. The Bertz CT molecular complexity index is 734. The maximum absolute atomic E-state index is 6.16. The summed E-state index contributed by atoms with van der Waals surface area (Å²) in [6.45, 7) is 3.99. The van der Waals surface area contributed by atoms with Gasteiger partial charge in [-0.25, -0.2) is 19.9 Å². The van der Waals surface area contributed by atoms with Gasteiger partial charge in [0.05, 0.1) is 0 Å². The van der Waals surface area contributed by atoms with E-state index in [9.17, 15) is 0 Å². The van der Waals surface area contributed by atoms with Crippen LogP contribution in [0.5, 0.6) is 0 Å². The van der Waals surface area contributed by atoms with E-state index in [0.29, 0.717) is 18.4 Å². The normalized spacial score (nSPS) is 18.2. The van der Waals surface area contributed by atoms with Crippen LogP contribution in [-0.2, 0) is 6.42 Å². The molecule has 0 aromatic carbocycles. The van der Waals surface area contributed by atoms with Crippen LogP contribution < -0.4 is 10.6 Å². The van der Waals surface area contributed by atoms with Gasteiger partial charge in [-0.1, -0.05) is 0 Å². The van der Waals surface area contributed by atoms with Gasteiger partial charge in [0, 0.05) is 63.4 Å². The summed E-state index contributed by atoms with van der Waals surface area (Å²) in [6, 6.07) is 1.83. The Hall–Kier alpha value is -2.77. The van der Waals surface area contributed by atoms with Crippen molar-refractivity contribution in [2.45, 2.75) is 25.2 Å². The Kier molecular flexibility index (Phi) is 4.90.